The molecule has 1 fully saturated rings. The van der Waals surface area contributed by atoms with Gasteiger partial charge >= 0.3 is 0 Å². The number of methoxy groups -OCH3 is 3. The van der Waals surface area contributed by atoms with Crippen LogP contribution in [0.3, 0.4) is 0 Å². The van der Waals surface area contributed by atoms with Gasteiger partial charge in [0, 0.05) is 12.1 Å². The van der Waals surface area contributed by atoms with Crippen LogP contribution in [0.15, 0.2) is 12.1 Å². The maximum absolute atomic E-state index is 5.94. The monoisotopic (exact) mass is 267 g/mol. The maximum atomic E-state index is 5.94. The minimum atomic E-state index is -0.176. The summed E-state index contributed by atoms with van der Waals surface area (Å²) in [4.78, 5) is 0. The van der Waals surface area contributed by atoms with Gasteiger partial charge in [0.1, 0.15) is 6.23 Å². The molecule has 0 saturated carbocycles. The number of hydrogen-bond donors (Lipinski definition) is 1. The Balaban J connectivity index is 2.37. The predicted molar refractivity (Wildman–Crippen MR) is 72.0 cm³/mol. The zero-order chi connectivity index (χ0) is 14.0. The Morgan fingerprint density at radius 3 is 2.05 bits per heavy atom. The van der Waals surface area contributed by atoms with Crippen molar-refractivity contribution in [1.82, 2.24) is 5.32 Å². The van der Waals surface area contributed by atoms with Gasteiger partial charge in [-0.05, 0) is 26.0 Å². The van der Waals surface area contributed by atoms with Crippen molar-refractivity contribution >= 4 is 0 Å². The highest BCUT2D eigenvalue weighted by molar-refractivity contribution is 5.54. The first-order chi connectivity index (χ1) is 9.00. The van der Waals surface area contributed by atoms with Gasteiger partial charge in [-0.25, -0.2) is 0 Å². The molecule has 0 spiro atoms. The van der Waals surface area contributed by atoms with Crippen LogP contribution in [-0.4, -0.2) is 33.5 Å². The van der Waals surface area contributed by atoms with E-state index in [2.05, 4.69) is 19.2 Å². The summed E-state index contributed by atoms with van der Waals surface area (Å²) in [6.07, 6.45) is -0.163. The highest BCUT2D eigenvalue weighted by Crippen LogP contribution is 2.41. The van der Waals surface area contributed by atoms with E-state index in [4.69, 9.17) is 18.9 Å². The van der Waals surface area contributed by atoms with Gasteiger partial charge in [0.2, 0.25) is 5.75 Å². The Bertz CT molecular complexity index is 434. The predicted octanol–water partition coefficient (Wildman–Crippen LogP) is 2.11. The summed E-state index contributed by atoms with van der Waals surface area (Å²) in [5.74, 6) is 1.85. The van der Waals surface area contributed by atoms with Crippen LogP contribution in [0.1, 0.15) is 25.6 Å². The van der Waals surface area contributed by atoms with Crippen molar-refractivity contribution in [3.63, 3.8) is 0 Å². The molecule has 1 aliphatic heterocycles. The van der Waals surface area contributed by atoms with Crippen LogP contribution < -0.4 is 19.5 Å². The van der Waals surface area contributed by atoms with Gasteiger partial charge in [0.25, 0.3) is 0 Å². The second-order valence-corrected chi connectivity index (χ2v) is 5.10. The third-order valence-corrected chi connectivity index (χ3v) is 3.14. The van der Waals surface area contributed by atoms with Gasteiger partial charge < -0.3 is 18.9 Å². The van der Waals surface area contributed by atoms with Crippen molar-refractivity contribution < 1.29 is 18.9 Å². The lowest BCUT2D eigenvalue weighted by atomic mass is 10.1. The minimum absolute atomic E-state index is 0.163. The molecule has 0 radical (unpaired) electrons. The smallest absolute Gasteiger partial charge is 0.203 e. The molecule has 1 heterocycles. The Labute approximate surface area is 113 Å². The first-order valence-corrected chi connectivity index (χ1v) is 6.22. The minimum Gasteiger partial charge on any atom is -0.493 e. The molecule has 19 heavy (non-hydrogen) atoms. The number of hydrogen-bond acceptors (Lipinski definition) is 5. The molecule has 5 nitrogen and oxygen atoms in total. The summed E-state index contributed by atoms with van der Waals surface area (Å²) >= 11 is 0. The quantitative estimate of drug-likeness (QED) is 0.905. The zero-order valence-electron chi connectivity index (χ0n) is 12.1. The molecule has 2 rings (SSSR count). The fourth-order valence-electron chi connectivity index (χ4n) is 2.18. The van der Waals surface area contributed by atoms with Crippen LogP contribution >= 0.6 is 0 Å². The number of benzene rings is 1. The molecule has 106 valence electrons. The number of nitrogens with one attached hydrogen (secondary N) is 1. The summed E-state index contributed by atoms with van der Waals surface area (Å²) in [5.41, 5.74) is 0.783. The second kappa shape index (κ2) is 5.27. The van der Waals surface area contributed by atoms with Crippen LogP contribution in [0.25, 0.3) is 0 Å². The molecule has 0 amide bonds. The lowest BCUT2D eigenvalue weighted by Gasteiger charge is -2.20. The van der Waals surface area contributed by atoms with E-state index < -0.39 is 0 Å². The Kier molecular flexibility index (Phi) is 3.87. The first-order valence-electron chi connectivity index (χ1n) is 6.22. The first kappa shape index (κ1) is 14.0. The van der Waals surface area contributed by atoms with Gasteiger partial charge in [-0.1, -0.05) is 0 Å². The second-order valence-electron chi connectivity index (χ2n) is 5.10. The summed E-state index contributed by atoms with van der Waals surface area (Å²) in [7, 11) is 4.80. The number of ether oxygens (including phenoxy) is 4. The highest BCUT2D eigenvalue weighted by atomic mass is 16.5. The fraction of sp³-hybridized carbons (Fsp3) is 0.571. The lowest BCUT2D eigenvalue weighted by molar-refractivity contribution is -0.0157. The number of rotatable bonds is 4. The van der Waals surface area contributed by atoms with Crippen molar-refractivity contribution in [2.45, 2.75) is 25.7 Å². The molecule has 0 aliphatic carbocycles. The summed E-state index contributed by atoms with van der Waals surface area (Å²) < 4.78 is 21.9. The van der Waals surface area contributed by atoms with Crippen LogP contribution in [-0.2, 0) is 4.74 Å². The molecule has 1 aromatic carbocycles. The standard InChI is InChI=1S/C14H21NO4/c1-14(2)8-15-13(19-14)9-6-10(16-3)12(18-5)11(7-9)17-4/h6-7,13,15H,8H2,1-5H3. The van der Waals surface area contributed by atoms with E-state index in [-0.39, 0.29) is 11.8 Å². The largest absolute Gasteiger partial charge is 0.493 e. The molecule has 1 aliphatic rings. The fourth-order valence-corrected chi connectivity index (χ4v) is 2.18. The van der Waals surface area contributed by atoms with Gasteiger partial charge in [-0.2, -0.15) is 0 Å². The van der Waals surface area contributed by atoms with E-state index >= 15 is 0 Å². The normalized spacial score (nSPS) is 21.2. The molecule has 1 N–H and O–H groups in total. The van der Waals surface area contributed by atoms with Crippen LogP contribution in [0.5, 0.6) is 17.2 Å². The zero-order valence-corrected chi connectivity index (χ0v) is 12.1. The van der Waals surface area contributed by atoms with Gasteiger partial charge in [-0.15, -0.1) is 0 Å². The average Bonchev–Trinajstić information content (AvgIpc) is 2.77. The van der Waals surface area contributed by atoms with Crippen molar-refractivity contribution in [2.75, 3.05) is 27.9 Å². The average molecular weight is 267 g/mol. The molecule has 5 heteroatoms. The van der Waals surface area contributed by atoms with Gasteiger partial charge in [-0.3, -0.25) is 5.32 Å². The Morgan fingerprint density at radius 1 is 1.11 bits per heavy atom. The maximum Gasteiger partial charge on any atom is 0.203 e. The highest BCUT2D eigenvalue weighted by Gasteiger charge is 2.33. The van der Waals surface area contributed by atoms with E-state index in [1.807, 2.05) is 12.1 Å². The van der Waals surface area contributed by atoms with Crippen LogP contribution in [0.4, 0.5) is 0 Å². The summed E-state index contributed by atoms with van der Waals surface area (Å²) in [6, 6.07) is 3.81. The molecule has 1 atom stereocenters. The third-order valence-electron chi connectivity index (χ3n) is 3.14. The van der Waals surface area contributed by atoms with Crippen molar-refractivity contribution in [1.29, 1.82) is 0 Å². The van der Waals surface area contributed by atoms with Gasteiger partial charge in [0.15, 0.2) is 11.5 Å². The summed E-state index contributed by atoms with van der Waals surface area (Å²) in [6.45, 7) is 4.91. The molecular weight excluding hydrogens is 246 g/mol. The molecule has 0 aromatic heterocycles. The molecule has 1 saturated heterocycles. The molecule has 0 bridgehead atoms. The summed E-state index contributed by atoms with van der Waals surface area (Å²) in [5, 5.41) is 3.33. The SMILES string of the molecule is COc1cc(C2NCC(C)(C)O2)cc(OC)c1OC. The Hall–Kier alpha value is -1.46. The van der Waals surface area contributed by atoms with Crippen molar-refractivity contribution in [3.8, 4) is 17.2 Å². The van der Waals surface area contributed by atoms with E-state index in [1.165, 1.54) is 0 Å². The molecular formula is C14H21NO4. The third kappa shape index (κ3) is 2.77. The molecule has 1 aromatic rings. The van der Waals surface area contributed by atoms with E-state index in [1.54, 1.807) is 21.3 Å². The van der Waals surface area contributed by atoms with E-state index in [9.17, 15) is 0 Å². The lowest BCUT2D eigenvalue weighted by Crippen LogP contribution is -2.23. The Morgan fingerprint density at radius 2 is 1.68 bits per heavy atom. The van der Waals surface area contributed by atoms with E-state index in [0.29, 0.717) is 17.2 Å². The molecule has 1 unspecified atom stereocenters. The van der Waals surface area contributed by atoms with Crippen molar-refractivity contribution in [2.24, 2.45) is 0 Å². The van der Waals surface area contributed by atoms with Crippen molar-refractivity contribution in [3.05, 3.63) is 17.7 Å². The van der Waals surface area contributed by atoms with Gasteiger partial charge in [0.05, 0.1) is 26.9 Å². The van der Waals surface area contributed by atoms with Crippen LogP contribution in [0.2, 0.25) is 0 Å². The van der Waals surface area contributed by atoms with E-state index in [0.717, 1.165) is 12.1 Å². The van der Waals surface area contributed by atoms with Crippen LogP contribution in [0, 0.1) is 0 Å². The topological polar surface area (TPSA) is 49.0 Å².